The SMILES string of the molecule is CCCCCCCCCCC/C=C\C/C=C\CCCCCCCCCCCC(=O)NC(COC1OC(CO)C(OC2OC(CO)C(O)C(OC3(C(=O)O)CC(O)C(NC(C)=O)C(C(O)C(O)CO)O3)C2O)C(O)C1O)C(O)/C=C/CCCCCCCCCCCC. The number of carboxylic acids is 1. The summed E-state index contributed by atoms with van der Waals surface area (Å²) in [5.74, 6) is -6.15. The van der Waals surface area contributed by atoms with Gasteiger partial charge in [0.1, 0.15) is 67.1 Å². The summed E-state index contributed by atoms with van der Waals surface area (Å²) in [5.41, 5.74) is 0. The molecule has 91 heavy (non-hydrogen) atoms. The maximum atomic E-state index is 13.4. The van der Waals surface area contributed by atoms with Gasteiger partial charge in [0, 0.05) is 19.8 Å². The average molecular weight is 1300 g/mol. The first-order valence-electron chi connectivity index (χ1n) is 34.9. The molecule has 3 saturated heterocycles. The number of aliphatic hydroxyl groups excluding tert-OH is 11. The zero-order valence-electron chi connectivity index (χ0n) is 55.2. The number of hydrogen-bond donors (Lipinski definition) is 14. The maximum absolute atomic E-state index is 13.4. The molecule has 0 spiro atoms. The molecule has 0 bridgehead atoms. The Kier molecular flexibility index (Phi) is 43.9. The number of ether oxygens (including phenoxy) is 6. The van der Waals surface area contributed by atoms with Crippen LogP contribution in [-0.4, -0.2) is 215 Å². The van der Waals surface area contributed by atoms with Gasteiger partial charge in [0.15, 0.2) is 12.6 Å². The van der Waals surface area contributed by atoms with Crippen molar-refractivity contribution in [1.29, 1.82) is 0 Å². The molecule has 3 aliphatic rings. The number of hydrogen-bond acceptors (Lipinski definition) is 20. The lowest BCUT2D eigenvalue weighted by molar-refractivity contribution is -0.386. The van der Waals surface area contributed by atoms with Gasteiger partial charge in [0.25, 0.3) is 5.79 Å². The molecule has 0 saturated carbocycles. The minimum atomic E-state index is -3.08. The highest BCUT2D eigenvalue weighted by molar-refractivity contribution is 5.77. The van der Waals surface area contributed by atoms with Crippen LogP contribution in [0.1, 0.15) is 239 Å². The predicted molar refractivity (Wildman–Crippen MR) is 343 cm³/mol. The van der Waals surface area contributed by atoms with Crippen LogP contribution >= 0.6 is 0 Å². The molecule has 3 aliphatic heterocycles. The highest BCUT2D eigenvalue weighted by atomic mass is 16.8. The lowest BCUT2D eigenvalue weighted by Gasteiger charge is -2.50. The molecule has 2 amide bonds. The fourth-order valence-corrected chi connectivity index (χ4v) is 12.0. The lowest BCUT2D eigenvalue weighted by atomic mass is 9.88. The molecule has 23 heteroatoms. The van der Waals surface area contributed by atoms with Crippen molar-refractivity contribution in [3.63, 3.8) is 0 Å². The number of carbonyl (C=O) groups excluding carboxylic acids is 2. The summed E-state index contributed by atoms with van der Waals surface area (Å²) in [6.07, 6.45) is 20.6. The first-order chi connectivity index (χ1) is 43.9. The number of nitrogens with one attached hydrogen (secondary N) is 2. The van der Waals surface area contributed by atoms with Crippen LogP contribution in [0.4, 0.5) is 0 Å². The number of rotatable bonds is 52. The first kappa shape index (κ1) is 82.2. The molecule has 0 aromatic carbocycles. The maximum Gasteiger partial charge on any atom is 0.364 e. The smallest absolute Gasteiger partial charge is 0.364 e. The van der Waals surface area contributed by atoms with Crippen LogP contribution in [0.2, 0.25) is 0 Å². The van der Waals surface area contributed by atoms with Crippen LogP contribution in [0.5, 0.6) is 0 Å². The third-order valence-electron chi connectivity index (χ3n) is 17.6. The normalized spacial score (nSPS) is 28.6. The molecule has 18 unspecified atom stereocenters. The van der Waals surface area contributed by atoms with Crippen LogP contribution in [0.3, 0.4) is 0 Å². The molecule has 18 atom stereocenters. The van der Waals surface area contributed by atoms with Crippen LogP contribution in [-0.2, 0) is 42.8 Å². The van der Waals surface area contributed by atoms with Gasteiger partial charge in [0.05, 0.1) is 50.7 Å². The summed E-state index contributed by atoms with van der Waals surface area (Å²) in [7, 11) is 0. The van der Waals surface area contributed by atoms with Crippen LogP contribution in [0, 0.1) is 0 Å². The molecular weight excluding hydrogens is 1180 g/mol. The zero-order chi connectivity index (χ0) is 66.8. The van der Waals surface area contributed by atoms with E-state index in [9.17, 15) is 75.7 Å². The number of amides is 2. The Morgan fingerprint density at radius 2 is 1.07 bits per heavy atom. The van der Waals surface area contributed by atoms with E-state index >= 15 is 0 Å². The second-order valence-electron chi connectivity index (χ2n) is 25.4. The van der Waals surface area contributed by atoms with Crippen LogP contribution in [0.15, 0.2) is 36.5 Å². The number of unbranched alkanes of at least 4 members (excludes halogenated alkanes) is 28. The number of aliphatic carboxylic acids is 1. The van der Waals surface area contributed by atoms with Crippen molar-refractivity contribution in [3.05, 3.63) is 36.5 Å². The van der Waals surface area contributed by atoms with Crippen molar-refractivity contribution >= 4 is 17.8 Å². The molecule has 0 radical (unpaired) electrons. The molecule has 3 heterocycles. The van der Waals surface area contributed by atoms with E-state index in [1.165, 1.54) is 135 Å². The molecule has 0 aromatic heterocycles. The van der Waals surface area contributed by atoms with E-state index in [1.54, 1.807) is 6.08 Å². The van der Waals surface area contributed by atoms with E-state index in [4.69, 9.17) is 28.4 Å². The van der Waals surface area contributed by atoms with Gasteiger partial charge in [-0.1, -0.05) is 204 Å². The summed E-state index contributed by atoms with van der Waals surface area (Å²) >= 11 is 0. The molecule has 14 N–H and O–H groups in total. The summed E-state index contributed by atoms with van der Waals surface area (Å²) in [6.45, 7) is 2.11. The van der Waals surface area contributed by atoms with Crippen LogP contribution < -0.4 is 10.6 Å². The second kappa shape index (κ2) is 48.6. The summed E-state index contributed by atoms with van der Waals surface area (Å²) < 4.78 is 34.7. The molecular formula is C68H122N2O21. The fraction of sp³-hybridized carbons (Fsp3) is 0.868. The Morgan fingerprint density at radius 1 is 0.582 bits per heavy atom. The highest BCUT2D eigenvalue weighted by Crippen LogP contribution is 2.39. The number of carbonyl (C=O) groups is 3. The van der Waals surface area contributed by atoms with Crippen molar-refractivity contribution in [1.82, 2.24) is 10.6 Å². The third kappa shape index (κ3) is 31.1. The highest BCUT2D eigenvalue weighted by Gasteiger charge is 2.60. The van der Waals surface area contributed by atoms with E-state index in [1.807, 2.05) is 6.08 Å². The van der Waals surface area contributed by atoms with Crippen molar-refractivity contribution in [2.24, 2.45) is 0 Å². The monoisotopic (exact) mass is 1300 g/mol. The number of allylic oxidation sites excluding steroid dienone is 5. The largest absolute Gasteiger partial charge is 0.477 e. The van der Waals surface area contributed by atoms with Gasteiger partial charge in [-0.3, -0.25) is 9.59 Å². The fourth-order valence-electron chi connectivity index (χ4n) is 12.0. The van der Waals surface area contributed by atoms with Gasteiger partial charge in [-0.15, -0.1) is 0 Å². The van der Waals surface area contributed by atoms with Gasteiger partial charge >= 0.3 is 5.97 Å². The summed E-state index contributed by atoms with van der Waals surface area (Å²) in [4.78, 5) is 38.5. The number of aliphatic hydroxyl groups is 11. The van der Waals surface area contributed by atoms with Crippen molar-refractivity contribution in [3.8, 4) is 0 Å². The molecule has 3 fully saturated rings. The van der Waals surface area contributed by atoms with Crippen molar-refractivity contribution in [2.75, 3.05) is 26.4 Å². The van der Waals surface area contributed by atoms with E-state index < -0.39 is 155 Å². The Labute approximate surface area is 542 Å². The minimum absolute atomic E-state index is 0.194. The topological polar surface area (TPSA) is 373 Å². The molecule has 23 nitrogen and oxygen atoms in total. The average Bonchev–Trinajstić information content (AvgIpc) is 0.780. The van der Waals surface area contributed by atoms with Crippen molar-refractivity contribution < 1.29 is 104 Å². The van der Waals surface area contributed by atoms with Gasteiger partial charge in [-0.05, 0) is 51.4 Å². The van der Waals surface area contributed by atoms with E-state index in [0.717, 1.165) is 64.7 Å². The lowest BCUT2D eigenvalue weighted by Crippen LogP contribution is -2.70. The van der Waals surface area contributed by atoms with E-state index in [-0.39, 0.29) is 12.3 Å². The van der Waals surface area contributed by atoms with Gasteiger partial charge in [-0.2, -0.15) is 0 Å². The number of carboxylic acid groups (broad SMARTS) is 1. The summed E-state index contributed by atoms with van der Waals surface area (Å²) in [6, 6.07) is -2.62. The molecule has 0 aliphatic carbocycles. The predicted octanol–water partition coefficient (Wildman–Crippen LogP) is 6.23. The zero-order valence-corrected chi connectivity index (χ0v) is 55.2. The quantitative estimate of drug-likeness (QED) is 0.0237. The first-order valence-corrected chi connectivity index (χ1v) is 34.9. The Balaban J connectivity index is 1.56. The Hall–Kier alpha value is -3.05. The molecule has 530 valence electrons. The minimum Gasteiger partial charge on any atom is -0.477 e. The Morgan fingerprint density at radius 3 is 1.55 bits per heavy atom. The summed E-state index contributed by atoms with van der Waals surface area (Å²) in [5, 5.41) is 136. The van der Waals surface area contributed by atoms with Crippen LogP contribution in [0.25, 0.3) is 0 Å². The molecule has 0 aromatic rings. The Bertz CT molecular complexity index is 1990. The molecule has 3 rings (SSSR count). The van der Waals surface area contributed by atoms with Gasteiger partial charge in [-0.25, -0.2) is 4.79 Å². The third-order valence-corrected chi connectivity index (χ3v) is 17.6. The second-order valence-corrected chi connectivity index (χ2v) is 25.4. The van der Waals surface area contributed by atoms with E-state index in [0.29, 0.717) is 12.8 Å². The van der Waals surface area contributed by atoms with Crippen molar-refractivity contribution in [2.45, 2.75) is 349 Å². The van der Waals surface area contributed by atoms with E-state index in [2.05, 4.69) is 48.8 Å². The standard InChI is InChI=1S/C68H122N2O21/c1-4-6-8-10-12-14-16-18-19-20-21-22-23-24-25-26-27-28-29-30-32-34-36-38-40-42-55(78)70-49(50(75)41-39-37-35-33-31-17-15-13-11-9-7-5-2)47-86-65-60(82)59(81)62(54(46-73)88-65)89-66-61(83)64(58(80)53(45-72)87-66)91-68(67(84)85)43-51(76)56(69-48(3)74)63(90-68)57(79)52(77)44-71/h21-22,24-25,39,41,49-54,56-66,71-73,75-77,79-83H,4-20,23,26-38,40,42-47H2,1-3H3,(H,69,74)(H,70,78)(H,84,85)/b22-21-,25-24-,41-39+. The van der Waals surface area contributed by atoms with Gasteiger partial charge in [0.2, 0.25) is 11.8 Å². The van der Waals surface area contributed by atoms with Gasteiger partial charge < -0.3 is 100 Å².